The van der Waals surface area contributed by atoms with Gasteiger partial charge in [0, 0.05) is 24.3 Å². The Morgan fingerprint density at radius 2 is 1.27 bits per heavy atom. The Morgan fingerprint density at radius 3 is 1.69 bits per heavy atom. The average molecular weight is 644 g/mol. The Labute approximate surface area is 273 Å². The second kappa shape index (κ2) is 20.4. The number of esters is 1. The Kier molecular flexibility index (Phi) is 19.6. The summed E-state index contributed by atoms with van der Waals surface area (Å²) in [6, 6.07) is 0. The Balaban J connectivity index is 5.62. The number of hydrogen-bond acceptors (Lipinski definition) is 9. The van der Waals surface area contributed by atoms with Gasteiger partial charge in [-0.3, -0.25) is 9.59 Å². The molecule has 10 nitrogen and oxygen atoms in total. The van der Waals surface area contributed by atoms with E-state index in [1.165, 1.54) is 0 Å². The van der Waals surface area contributed by atoms with Crippen LogP contribution in [-0.4, -0.2) is 89.4 Å². The first-order chi connectivity index (χ1) is 20.8. The maximum absolute atomic E-state index is 13.4. The third-order valence-corrected chi connectivity index (χ3v) is 8.66. The van der Waals surface area contributed by atoms with Crippen LogP contribution in [0.1, 0.15) is 121 Å². The lowest BCUT2D eigenvalue weighted by molar-refractivity contribution is -0.187. The summed E-state index contributed by atoms with van der Waals surface area (Å²) in [7, 11) is 0. The molecule has 0 aliphatic rings. The number of hydrogen-bond donors (Lipinski definition) is 3. The zero-order valence-corrected chi connectivity index (χ0v) is 30.1. The van der Waals surface area contributed by atoms with Crippen molar-refractivity contribution in [1.82, 2.24) is 5.32 Å². The normalized spacial score (nSPS) is 19.1. The molecule has 264 valence electrons. The minimum absolute atomic E-state index is 0.00294. The van der Waals surface area contributed by atoms with Gasteiger partial charge >= 0.3 is 5.97 Å². The molecule has 0 heterocycles. The van der Waals surface area contributed by atoms with Gasteiger partial charge in [0.25, 0.3) is 0 Å². The van der Waals surface area contributed by atoms with Crippen LogP contribution in [-0.2, 0) is 33.3 Å². The highest BCUT2D eigenvalue weighted by Crippen LogP contribution is 2.31. The fourth-order valence-corrected chi connectivity index (χ4v) is 5.41. The van der Waals surface area contributed by atoms with Crippen molar-refractivity contribution >= 4 is 17.7 Å². The summed E-state index contributed by atoms with van der Waals surface area (Å²) in [6.45, 7) is 24.7. The van der Waals surface area contributed by atoms with Crippen molar-refractivity contribution in [2.45, 2.75) is 156 Å². The molecule has 0 saturated carbocycles. The first-order valence-corrected chi connectivity index (χ1v) is 16.8. The molecule has 0 bridgehead atoms. The lowest BCUT2D eigenvalue weighted by Crippen LogP contribution is -2.45. The van der Waals surface area contributed by atoms with Crippen molar-refractivity contribution in [2.24, 2.45) is 11.8 Å². The van der Waals surface area contributed by atoms with Gasteiger partial charge < -0.3 is 34.5 Å². The van der Waals surface area contributed by atoms with E-state index >= 15 is 0 Å². The van der Waals surface area contributed by atoms with Gasteiger partial charge in [-0.05, 0) is 73.6 Å². The topological polar surface area (TPSA) is 141 Å². The minimum Gasteiger partial charge on any atom is -0.460 e. The van der Waals surface area contributed by atoms with Gasteiger partial charge in [0.2, 0.25) is 5.91 Å². The number of rotatable bonds is 25. The van der Waals surface area contributed by atoms with Crippen molar-refractivity contribution in [3.63, 3.8) is 0 Å². The van der Waals surface area contributed by atoms with Crippen LogP contribution in [0.4, 0.5) is 0 Å². The summed E-state index contributed by atoms with van der Waals surface area (Å²) < 4.78 is 24.4. The van der Waals surface area contributed by atoms with Crippen LogP contribution in [0, 0.1) is 11.8 Å². The number of carbonyl (C=O) groups excluding carboxylic acids is 3. The largest absolute Gasteiger partial charge is 0.460 e. The smallest absolute Gasteiger partial charge is 0.333 e. The second-order valence-corrected chi connectivity index (χ2v) is 13.6. The van der Waals surface area contributed by atoms with Crippen LogP contribution < -0.4 is 5.32 Å². The Hall–Kier alpha value is -1.85. The predicted octanol–water partition coefficient (Wildman–Crippen LogP) is 5.31. The van der Waals surface area contributed by atoms with Crippen molar-refractivity contribution in [3.05, 3.63) is 12.2 Å². The first-order valence-electron chi connectivity index (χ1n) is 16.8. The number of amides is 1. The summed E-state index contributed by atoms with van der Waals surface area (Å²) in [5.41, 5.74) is -1.55. The number of nitrogens with one attached hydrogen (secondary N) is 1. The van der Waals surface area contributed by atoms with Gasteiger partial charge in [0.1, 0.15) is 18.5 Å². The minimum atomic E-state index is -0.825. The zero-order chi connectivity index (χ0) is 35.0. The molecule has 0 aromatic rings. The van der Waals surface area contributed by atoms with Gasteiger partial charge in [0.05, 0.1) is 54.7 Å². The number of aliphatic hydroxyl groups excluding tert-OH is 2. The van der Waals surface area contributed by atoms with Crippen molar-refractivity contribution < 1.29 is 43.5 Å². The SMILES string of the molecule is C=C(C)C(=O)OCCNC(=O)C(CC)C(=O)C(C)CC(C)(CC)OCC(COC(C)(CC)CC(C)O)OC(C)(CC)CC(C)O. The van der Waals surface area contributed by atoms with Crippen LogP contribution in [0.15, 0.2) is 12.2 Å². The third-order valence-electron chi connectivity index (χ3n) is 8.66. The molecule has 0 spiro atoms. The van der Waals surface area contributed by atoms with E-state index < -0.39 is 58.8 Å². The van der Waals surface area contributed by atoms with Crippen molar-refractivity contribution in [1.29, 1.82) is 0 Å². The van der Waals surface area contributed by atoms with Crippen LogP contribution in [0.5, 0.6) is 0 Å². The number of Topliss-reactive ketones (excluding diaryl/α,β-unsaturated/α-hetero) is 1. The van der Waals surface area contributed by atoms with E-state index in [9.17, 15) is 24.6 Å². The number of ketones is 1. The fourth-order valence-electron chi connectivity index (χ4n) is 5.41. The quantitative estimate of drug-likeness (QED) is 0.0523. The number of carbonyl (C=O) groups is 3. The molecule has 10 heteroatoms. The molecule has 0 fully saturated rings. The van der Waals surface area contributed by atoms with Gasteiger partial charge in [-0.25, -0.2) is 4.79 Å². The van der Waals surface area contributed by atoms with Crippen LogP contribution in [0.3, 0.4) is 0 Å². The molecular formula is C35H65NO9. The molecule has 0 aromatic carbocycles. The summed E-state index contributed by atoms with van der Waals surface area (Å²) in [6.07, 6.45) is 2.18. The van der Waals surface area contributed by atoms with E-state index in [1.54, 1.807) is 27.7 Å². The van der Waals surface area contributed by atoms with Crippen LogP contribution in [0.25, 0.3) is 0 Å². The molecule has 0 radical (unpaired) electrons. The third kappa shape index (κ3) is 16.5. The van der Waals surface area contributed by atoms with E-state index in [-0.39, 0.29) is 37.7 Å². The second-order valence-electron chi connectivity index (χ2n) is 13.6. The molecule has 0 aliphatic heterocycles. The van der Waals surface area contributed by atoms with Gasteiger partial charge in [-0.15, -0.1) is 0 Å². The summed E-state index contributed by atoms with van der Waals surface area (Å²) in [5.74, 6) is -2.36. The molecule has 45 heavy (non-hydrogen) atoms. The van der Waals surface area contributed by atoms with E-state index in [1.807, 2.05) is 48.5 Å². The number of ether oxygens (including phenoxy) is 4. The van der Waals surface area contributed by atoms with Crippen LogP contribution in [0.2, 0.25) is 0 Å². The van der Waals surface area contributed by atoms with Gasteiger partial charge in [-0.2, -0.15) is 0 Å². The molecule has 8 unspecified atom stereocenters. The van der Waals surface area contributed by atoms with E-state index in [0.29, 0.717) is 44.9 Å². The predicted molar refractivity (Wildman–Crippen MR) is 177 cm³/mol. The molecule has 0 aromatic heterocycles. The fraction of sp³-hybridized carbons (Fsp3) is 0.857. The van der Waals surface area contributed by atoms with Crippen molar-refractivity contribution in [3.8, 4) is 0 Å². The Bertz CT molecular complexity index is 923. The summed E-state index contributed by atoms with van der Waals surface area (Å²) >= 11 is 0. The van der Waals surface area contributed by atoms with E-state index in [0.717, 1.165) is 0 Å². The van der Waals surface area contributed by atoms with Crippen molar-refractivity contribution in [2.75, 3.05) is 26.4 Å². The molecule has 0 saturated heterocycles. The first kappa shape index (κ1) is 43.1. The monoisotopic (exact) mass is 643 g/mol. The highest BCUT2D eigenvalue weighted by Gasteiger charge is 2.36. The summed E-state index contributed by atoms with van der Waals surface area (Å²) in [5, 5.41) is 22.9. The molecular weight excluding hydrogens is 578 g/mol. The maximum atomic E-state index is 13.4. The van der Waals surface area contributed by atoms with Crippen LogP contribution >= 0.6 is 0 Å². The summed E-state index contributed by atoms with van der Waals surface area (Å²) in [4.78, 5) is 37.8. The maximum Gasteiger partial charge on any atom is 0.333 e. The van der Waals surface area contributed by atoms with E-state index in [4.69, 9.17) is 18.9 Å². The lowest BCUT2D eigenvalue weighted by atomic mass is 9.83. The van der Waals surface area contributed by atoms with E-state index in [2.05, 4.69) is 11.9 Å². The molecule has 0 rings (SSSR count). The molecule has 8 atom stereocenters. The Morgan fingerprint density at radius 1 is 0.800 bits per heavy atom. The lowest BCUT2D eigenvalue weighted by Gasteiger charge is -2.39. The van der Waals surface area contributed by atoms with Gasteiger partial charge in [-0.1, -0.05) is 41.2 Å². The molecule has 1 amide bonds. The zero-order valence-electron chi connectivity index (χ0n) is 30.1. The molecule has 3 N–H and O–H groups in total. The number of aliphatic hydroxyl groups is 2. The highest BCUT2D eigenvalue weighted by molar-refractivity contribution is 6.02. The molecule has 0 aliphatic carbocycles. The van der Waals surface area contributed by atoms with Gasteiger partial charge in [0.15, 0.2) is 0 Å². The standard InChI is InChI=1S/C35H65NO9/c1-13-29(31(40)36-17-18-42-32(41)24(5)6)30(39)25(7)19-33(10,14-2)43-22-28(45-35(12,16-4)21-27(9)38)23-44-34(11,15-3)20-26(8)37/h25-29,37-38H,5,13-23H2,1-4,6-12H3,(H,36,40). The highest BCUT2D eigenvalue weighted by atomic mass is 16.6. The average Bonchev–Trinajstić information content (AvgIpc) is 2.96.